The molecule has 0 saturated carbocycles. The van der Waals surface area contributed by atoms with Crippen molar-refractivity contribution in [3.05, 3.63) is 83.3 Å². The van der Waals surface area contributed by atoms with Crippen LogP contribution in [0.15, 0.2) is 65.1 Å². The number of ether oxygens (including phenoxy) is 2. The van der Waals surface area contributed by atoms with Crippen LogP contribution >= 0.6 is 0 Å². The first-order valence-electron chi connectivity index (χ1n) is 7.90. The van der Waals surface area contributed by atoms with Crippen LogP contribution in [0, 0.1) is 11.8 Å². The van der Waals surface area contributed by atoms with Crippen molar-refractivity contribution in [3.63, 3.8) is 0 Å². The van der Waals surface area contributed by atoms with Crippen LogP contribution in [-0.2, 0) is 18.0 Å². The number of hydrogen-bond donors (Lipinski definition) is 1. The fraction of sp³-hybridized carbons (Fsp3) is 0.143. The molecule has 0 aliphatic rings. The predicted molar refractivity (Wildman–Crippen MR) is 97.0 cm³/mol. The molecule has 0 saturated heterocycles. The van der Waals surface area contributed by atoms with E-state index in [0.29, 0.717) is 24.7 Å². The standard InChI is InChI=1S/C21H19NO3/c1-23-18-9-6-16(7-10-18)14-24-15-20-13-12-19(25-20)11-8-17-4-2-3-5-21(17)22/h2-7,9-10,12-13H,14-15,22H2,1H3. The van der Waals surface area contributed by atoms with Gasteiger partial charge in [-0.25, -0.2) is 0 Å². The number of hydrogen-bond acceptors (Lipinski definition) is 4. The average Bonchev–Trinajstić information content (AvgIpc) is 3.09. The molecule has 25 heavy (non-hydrogen) atoms. The Morgan fingerprint density at radius 3 is 2.48 bits per heavy atom. The molecule has 2 aromatic carbocycles. The highest BCUT2D eigenvalue weighted by Gasteiger charge is 2.01. The first kappa shape index (κ1) is 16.7. The third-order valence-electron chi connectivity index (χ3n) is 3.61. The average molecular weight is 333 g/mol. The molecule has 0 amide bonds. The predicted octanol–water partition coefficient (Wildman–Crippen LogP) is 3.99. The molecule has 0 fully saturated rings. The molecule has 0 unspecified atom stereocenters. The zero-order chi connectivity index (χ0) is 17.5. The summed E-state index contributed by atoms with van der Waals surface area (Å²) in [5.41, 5.74) is 8.39. The summed E-state index contributed by atoms with van der Waals surface area (Å²) in [6.45, 7) is 0.896. The van der Waals surface area contributed by atoms with E-state index in [1.54, 1.807) is 7.11 Å². The second-order valence-corrected chi connectivity index (χ2v) is 5.44. The van der Waals surface area contributed by atoms with E-state index < -0.39 is 0 Å². The van der Waals surface area contributed by atoms with E-state index in [4.69, 9.17) is 19.6 Å². The number of para-hydroxylation sites is 1. The molecule has 1 heterocycles. The largest absolute Gasteiger partial charge is 0.497 e. The fourth-order valence-corrected chi connectivity index (χ4v) is 2.25. The minimum atomic E-state index is 0.390. The second-order valence-electron chi connectivity index (χ2n) is 5.44. The SMILES string of the molecule is COc1ccc(COCc2ccc(C#Cc3ccccc3N)o2)cc1. The maximum atomic E-state index is 5.87. The van der Waals surface area contributed by atoms with Crippen molar-refractivity contribution in [3.8, 4) is 17.6 Å². The molecule has 1 aromatic heterocycles. The van der Waals surface area contributed by atoms with Crippen molar-refractivity contribution >= 4 is 5.69 Å². The summed E-state index contributed by atoms with van der Waals surface area (Å²) in [4.78, 5) is 0. The molecule has 4 heteroatoms. The zero-order valence-electron chi connectivity index (χ0n) is 14.0. The Kier molecular flexibility index (Phi) is 5.40. The Morgan fingerprint density at radius 2 is 1.72 bits per heavy atom. The van der Waals surface area contributed by atoms with Crippen molar-refractivity contribution in [2.45, 2.75) is 13.2 Å². The summed E-state index contributed by atoms with van der Waals surface area (Å²) < 4.78 is 16.5. The van der Waals surface area contributed by atoms with Crippen LogP contribution in [0.1, 0.15) is 22.6 Å². The van der Waals surface area contributed by atoms with Crippen molar-refractivity contribution < 1.29 is 13.9 Å². The topological polar surface area (TPSA) is 57.6 Å². The van der Waals surface area contributed by atoms with Gasteiger partial charge in [0.1, 0.15) is 18.1 Å². The normalized spacial score (nSPS) is 10.1. The quantitative estimate of drug-likeness (QED) is 0.567. The smallest absolute Gasteiger partial charge is 0.177 e. The molecule has 0 radical (unpaired) electrons. The lowest BCUT2D eigenvalue weighted by Gasteiger charge is -2.04. The number of benzene rings is 2. The highest BCUT2D eigenvalue weighted by molar-refractivity contribution is 5.56. The second kappa shape index (κ2) is 8.09. The minimum absolute atomic E-state index is 0.390. The Bertz CT molecular complexity index is 885. The summed E-state index contributed by atoms with van der Waals surface area (Å²) in [7, 11) is 1.65. The molecular formula is C21H19NO3. The Hall–Kier alpha value is -3.16. The molecule has 3 rings (SSSR count). The van der Waals surface area contributed by atoms with Gasteiger partial charge < -0.3 is 19.6 Å². The number of nitrogens with two attached hydrogens (primary N) is 1. The van der Waals surface area contributed by atoms with Crippen LogP contribution in [0.2, 0.25) is 0 Å². The van der Waals surface area contributed by atoms with Crippen LogP contribution in [-0.4, -0.2) is 7.11 Å². The van der Waals surface area contributed by atoms with E-state index >= 15 is 0 Å². The highest BCUT2D eigenvalue weighted by Crippen LogP contribution is 2.14. The lowest BCUT2D eigenvalue weighted by Crippen LogP contribution is -1.93. The van der Waals surface area contributed by atoms with Crippen LogP contribution in [0.5, 0.6) is 5.75 Å². The highest BCUT2D eigenvalue weighted by atomic mass is 16.5. The van der Waals surface area contributed by atoms with Crippen LogP contribution in [0.25, 0.3) is 0 Å². The Morgan fingerprint density at radius 1 is 0.920 bits per heavy atom. The fourth-order valence-electron chi connectivity index (χ4n) is 2.25. The number of methoxy groups -OCH3 is 1. The van der Waals surface area contributed by atoms with E-state index in [1.165, 1.54) is 0 Å². The number of furan rings is 1. The van der Waals surface area contributed by atoms with Gasteiger partial charge in [0.2, 0.25) is 0 Å². The third kappa shape index (κ3) is 4.66. The molecule has 4 nitrogen and oxygen atoms in total. The van der Waals surface area contributed by atoms with E-state index in [0.717, 1.165) is 22.6 Å². The van der Waals surface area contributed by atoms with Crippen molar-refractivity contribution in [2.75, 3.05) is 12.8 Å². The molecule has 0 bridgehead atoms. The van der Waals surface area contributed by atoms with Crippen LogP contribution < -0.4 is 10.5 Å². The Balaban J connectivity index is 1.54. The summed E-state index contributed by atoms with van der Waals surface area (Å²) in [6.07, 6.45) is 0. The van der Waals surface area contributed by atoms with Gasteiger partial charge in [-0.1, -0.05) is 30.2 Å². The summed E-state index contributed by atoms with van der Waals surface area (Å²) >= 11 is 0. The zero-order valence-corrected chi connectivity index (χ0v) is 14.0. The minimum Gasteiger partial charge on any atom is -0.497 e. The van der Waals surface area contributed by atoms with Gasteiger partial charge >= 0.3 is 0 Å². The van der Waals surface area contributed by atoms with Gasteiger partial charge in [-0.15, -0.1) is 0 Å². The van der Waals surface area contributed by atoms with Crippen molar-refractivity contribution in [2.24, 2.45) is 0 Å². The van der Waals surface area contributed by atoms with Gasteiger partial charge in [-0.2, -0.15) is 0 Å². The maximum Gasteiger partial charge on any atom is 0.177 e. The van der Waals surface area contributed by atoms with Crippen molar-refractivity contribution in [1.29, 1.82) is 0 Å². The molecule has 0 atom stereocenters. The van der Waals surface area contributed by atoms with Gasteiger partial charge in [-0.3, -0.25) is 0 Å². The van der Waals surface area contributed by atoms with E-state index in [-0.39, 0.29) is 0 Å². The van der Waals surface area contributed by atoms with E-state index in [9.17, 15) is 0 Å². The summed E-state index contributed by atoms with van der Waals surface area (Å²) in [5, 5.41) is 0. The van der Waals surface area contributed by atoms with Gasteiger partial charge in [0.05, 0.1) is 13.7 Å². The van der Waals surface area contributed by atoms with Gasteiger partial charge in [0, 0.05) is 11.3 Å². The summed E-state index contributed by atoms with van der Waals surface area (Å²) in [6, 6.07) is 19.0. The number of rotatable bonds is 5. The van der Waals surface area contributed by atoms with Crippen LogP contribution in [0.4, 0.5) is 5.69 Å². The Labute approximate surface area is 147 Å². The van der Waals surface area contributed by atoms with Gasteiger partial charge in [0.25, 0.3) is 0 Å². The molecule has 0 spiro atoms. The molecule has 0 aliphatic heterocycles. The third-order valence-corrected chi connectivity index (χ3v) is 3.61. The van der Waals surface area contributed by atoms with Crippen LogP contribution in [0.3, 0.4) is 0 Å². The first-order chi connectivity index (χ1) is 12.2. The maximum absolute atomic E-state index is 5.87. The molecule has 126 valence electrons. The first-order valence-corrected chi connectivity index (χ1v) is 7.90. The molecule has 3 aromatic rings. The number of nitrogen functional groups attached to an aromatic ring is 1. The lowest BCUT2D eigenvalue weighted by atomic mass is 10.2. The van der Waals surface area contributed by atoms with E-state index in [1.807, 2.05) is 60.7 Å². The van der Waals surface area contributed by atoms with Crippen molar-refractivity contribution in [1.82, 2.24) is 0 Å². The van der Waals surface area contributed by atoms with E-state index in [2.05, 4.69) is 11.8 Å². The molecule has 0 aliphatic carbocycles. The number of anilines is 1. The van der Waals surface area contributed by atoms with Gasteiger partial charge in [0.15, 0.2) is 5.76 Å². The monoisotopic (exact) mass is 333 g/mol. The molecule has 2 N–H and O–H groups in total. The lowest BCUT2D eigenvalue weighted by molar-refractivity contribution is 0.0927. The molecular weight excluding hydrogens is 314 g/mol. The van der Waals surface area contributed by atoms with Gasteiger partial charge in [-0.05, 0) is 47.9 Å². The summed E-state index contributed by atoms with van der Waals surface area (Å²) in [5.74, 6) is 8.15.